The Morgan fingerprint density at radius 1 is 0.750 bits per heavy atom. The maximum absolute atomic E-state index is 12.3. The molecule has 0 amide bonds. The van der Waals surface area contributed by atoms with Crippen molar-refractivity contribution in [3.8, 4) is 0 Å². The van der Waals surface area contributed by atoms with Crippen molar-refractivity contribution < 1.29 is 28.8 Å². The van der Waals surface area contributed by atoms with Gasteiger partial charge >= 0.3 is 5.97 Å². The van der Waals surface area contributed by atoms with E-state index < -0.39 is 30.6 Å². The summed E-state index contributed by atoms with van der Waals surface area (Å²) in [4.78, 5) is 12.3. The van der Waals surface area contributed by atoms with Crippen LogP contribution in [0.3, 0.4) is 0 Å². The van der Waals surface area contributed by atoms with Crippen LogP contribution in [-0.4, -0.2) is 42.3 Å². The van der Waals surface area contributed by atoms with E-state index >= 15 is 0 Å². The van der Waals surface area contributed by atoms with Gasteiger partial charge in [-0.2, -0.15) is 0 Å². The van der Waals surface area contributed by atoms with Crippen LogP contribution in [0.4, 0.5) is 0 Å². The molecule has 1 aliphatic heterocycles. The Kier molecular flexibility index (Phi) is 7.64. The third-order valence-electron chi connectivity index (χ3n) is 5.24. The van der Waals surface area contributed by atoms with Crippen molar-refractivity contribution in [2.75, 3.05) is 6.61 Å². The Labute approximate surface area is 187 Å². The van der Waals surface area contributed by atoms with E-state index in [4.69, 9.17) is 18.9 Å². The highest BCUT2D eigenvalue weighted by atomic mass is 16.7. The third-order valence-corrected chi connectivity index (χ3v) is 5.24. The van der Waals surface area contributed by atoms with Gasteiger partial charge in [-0.15, -0.1) is 0 Å². The fourth-order valence-corrected chi connectivity index (χ4v) is 3.57. The van der Waals surface area contributed by atoms with Gasteiger partial charge in [-0.1, -0.05) is 78.9 Å². The lowest BCUT2D eigenvalue weighted by Gasteiger charge is -2.24. The van der Waals surface area contributed by atoms with Gasteiger partial charge in [0, 0.05) is 0 Å². The van der Waals surface area contributed by atoms with Crippen molar-refractivity contribution in [3.63, 3.8) is 0 Å². The first-order chi connectivity index (χ1) is 15.7. The Morgan fingerprint density at radius 2 is 1.25 bits per heavy atom. The molecule has 1 fully saturated rings. The molecule has 4 atom stereocenters. The second kappa shape index (κ2) is 11.0. The van der Waals surface area contributed by atoms with E-state index in [0.29, 0.717) is 18.8 Å². The van der Waals surface area contributed by atoms with Crippen molar-refractivity contribution >= 4 is 5.97 Å². The Bertz CT molecular complexity index is 963. The van der Waals surface area contributed by atoms with Crippen LogP contribution in [-0.2, 0) is 32.2 Å². The van der Waals surface area contributed by atoms with Crippen LogP contribution in [0, 0.1) is 0 Å². The lowest BCUT2D eigenvalue weighted by molar-refractivity contribution is -0.151. The van der Waals surface area contributed by atoms with E-state index in [0.717, 1.165) is 11.1 Å². The third kappa shape index (κ3) is 5.81. The molecule has 1 aliphatic rings. The first-order valence-corrected chi connectivity index (χ1v) is 10.6. The normalized spacial score (nSPS) is 22.5. The molecule has 6 nitrogen and oxygen atoms in total. The predicted molar refractivity (Wildman–Crippen MR) is 118 cm³/mol. The number of benzene rings is 3. The zero-order valence-corrected chi connectivity index (χ0v) is 17.6. The summed E-state index contributed by atoms with van der Waals surface area (Å²) in [7, 11) is 0. The topological polar surface area (TPSA) is 74.2 Å². The number of ether oxygens (including phenoxy) is 4. The standard InChI is InChI=1S/C26H26O6/c27-25(21-14-8-3-9-15-21)31-18-22-23(29-16-19-10-4-1-5-11-19)24(26(28)32-22)30-17-20-12-6-2-7-13-20/h1-15,22-24,26,28H,16-18H2/t22-,23-,24+,26-/m1/s1. The van der Waals surface area contributed by atoms with Gasteiger partial charge in [0.15, 0.2) is 6.29 Å². The zero-order valence-electron chi connectivity index (χ0n) is 17.6. The minimum Gasteiger partial charge on any atom is -0.459 e. The highest BCUT2D eigenvalue weighted by Crippen LogP contribution is 2.28. The fraction of sp³-hybridized carbons (Fsp3) is 0.269. The summed E-state index contributed by atoms with van der Waals surface area (Å²) in [5.41, 5.74) is 2.40. The van der Waals surface area contributed by atoms with Crippen LogP contribution in [0.25, 0.3) is 0 Å². The molecule has 0 aromatic heterocycles. The molecule has 1 saturated heterocycles. The average molecular weight is 434 g/mol. The van der Waals surface area contributed by atoms with Crippen molar-refractivity contribution in [1.82, 2.24) is 0 Å². The van der Waals surface area contributed by atoms with Gasteiger partial charge in [0.25, 0.3) is 0 Å². The van der Waals surface area contributed by atoms with Crippen molar-refractivity contribution in [3.05, 3.63) is 108 Å². The Hall–Kier alpha value is -3.03. The van der Waals surface area contributed by atoms with Crippen LogP contribution in [0.1, 0.15) is 21.5 Å². The summed E-state index contributed by atoms with van der Waals surface area (Å²) in [6.45, 7) is 0.555. The number of hydrogen-bond acceptors (Lipinski definition) is 6. The number of carbonyl (C=O) groups is 1. The molecule has 6 heteroatoms. The highest BCUT2D eigenvalue weighted by Gasteiger charge is 2.46. The largest absolute Gasteiger partial charge is 0.459 e. The van der Waals surface area contributed by atoms with Crippen LogP contribution < -0.4 is 0 Å². The maximum Gasteiger partial charge on any atom is 0.338 e. The summed E-state index contributed by atoms with van der Waals surface area (Å²) < 4.78 is 23.2. The molecule has 1 N–H and O–H groups in total. The number of aliphatic hydroxyl groups is 1. The van der Waals surface area contributed by atoms with Gasteiger partial charge in [0.1, 0.15) is 24.9 Å². The number of esters is 1. The van der Waals surface area contributed by atoms with Crippen molar-refractivity contribution in [1.29, 1.82) is 0 Å². The molecular weight excluding hydrogens is 408 g/mol. The Morgan fingerprint density at radius 3 is 1.81 bits per heavy atom. The smallest absolute Gasteiger partial charge is 0.338 e. The highest BCUT2D eigenvalue weighted by molar-refractivity contribution is 5.89. The molecule has 0 spiro atoms. The predicted octanol–water partition coefficient (Wildman–Crippen LogP) is 3.73. The van der Waals surface area contributed by atoms with E-state index in [1.807, 2.05) is 66.7 Å². The SMILES string of the molecule is O=C(OC[C@H]1O[C@@H](O)[C@@H](OCc2ccccc2)[C@@H]1OCc1ccccc1)c1ccccc1. The molecule has 0 unspecified atom stereocenters. The zero-order chi connectivity index (χ0) is 22.2. The van der Waals surface area contributed by atoms with E-state index in [1.165, 1.54) is 0 Å². The first-order valence-electron chi connectivity index (χ1n) is 10.6. The second-order valence-corrected chi connectivity index (χ2v) is 7.55. The van der Waals surface area contributed by atoms with Crippen LogP contribution in [0.15, 0.2) is 91.0 Å². The van der Waals surface area contributed by atoms with E-state index in [1.54, 1.807) is 24.3 Å². The molecule has 4 rings (SSSR count). The number of carbonyl (C=O) groups excluding carboxylic acids is 1. The monoisotopic (exact) mass is 434 g/mol. The fourth-order valence-electron chi connectivity index (χ4n) is 3.57. The molecule has 0 aliphatic carbocycles. The minimum atomic E-state index is -1.19. The number of hydrogen-bond donors (Lipinski definition) is 1. The molecule has 0 radical (unpaired) electrons. The minimum absolute atomic E-state index is 0.0601. The lowest BCUT2D eigenvalue weighted by Crippen LogP contribution is -2.39. The summed E-state index contributed by atoms with van der Waals surface area (Å²) in [5, 5.41) is 10.5. The van der Waals surface area contributed by atoms with Crippen molar-refractivity contribution in [2.24, 2.45) is 0 Å². The average Bonchev–Trinajstić information content (AvgIpc) is 3.15. The van der Waals surface area contributed by atoms with Gasteiger partial charge < -0.3 is 24.1 Å². The number of aliphatic hydroxyl groups excluding tert-OH is 1. The second-order valence-electron chi connectivity index (χ2n) is 7.55. The van der Waals surface area contributed by atoms with Crippen LogP contribution in [0.5, 0.6) is 0 Å². The molecular formula is C26H26O6. The van der Waals surface area contributed by atoms with Crippen LogP contribution in [0.2, 0.25) is 0 Å². The summed E-state index contributed by atoms with van der Waals surface area (Å²) >= 11 is 0. The summed E-state index contributed by atoms with van der Waals surface area (Å²) in [6.07, 6.45) is -3.20. The van der Waals surface area contributed by atoms with Gasteiger partial charge in [0.2, 0.25) is 0 Å². The maximum atomic E-state index is 12.3. The lowest BCUT2D eigenvalue weighted by atomic mass is 10.1. The van der Waals surface area contributed by atoms with E-state index in [2.05, 4.69) is 0 Å². The first kappa shape index (κ1) is 22.2. The van der Waals surface area contributed by atoms with Gasteiger partial charge in [-0.3, -0.25) is 0 Å². The summed E-state index contributed by atoms with van der Waals surface area (Å²) in [5.74, 6) is -0.459. The molecule has 166 valence electrons. The Balaban J connectivity index is 1.42. The molecule has 3 aromatic carbocycles. The number of rotatable bonds is 9. The van der Waals surface area contributed by atoms with E-state index in [9.17, 15) is 9.90 Å². The van der Waals surface area contributed by atoms with Crippen LogP contribution >= 0.6 is 0 Å². The van der Waals surface area contributed by atoms with E-state index in [-0.39, 0.29) is 6.61 Å². The molecule has 1 heterocycles. The molecule has 32 heavy (non-hydrogen) atoms. The van der Waals surface area contributed by atoms with Gasteiger partial charge in [0.05, 0.1) is 18.8 Å². The van der Waals surface area contributed by atoms with Gasteiger partial charge in [-0.05, 0) is 23.3 Å². The van der Waals surface area contributed by atoms with Crippen molar-refractivity contribution in [2.45, 2.75) is 37.8 Å². The quantitative estimate of drug-likeness (QED) is 0.518. The molecule has 3 aromatic rings. The summed E-state index contributed by atoms with van der Waals surface area (Å²) in [6, 6.07) is 28.1. The van der Waals surface area contributed by atoms with Gasteiger partial charge in [-0.25, -0.2) is 4.79 Å². The molecule has 0 saturated carbocycles. The molecule has 0 bridgehead atoms.